The van der Waals surface area contributed by atoms with E-state index >= 15 is 0 Å². The molecule has 0 spiro atoms. The fourth-order valence-electron chi connectivity index (χ4n) is 3.45. The van der Waals surface area contributed by atoms with Gasteiger partial charge in [-0.05, 0) is 31.4 Å². The molecule has 3 aromatic rings. The fourth-order valence-corrected chi connectivity index (χ4v) is 3.45. The van der Waals surface area contributed by atoms with Crippen LogP contribution in [0.5, 0.6) is 0 Å². The first kappa shape index (κ1) is 15.6. The molecule has 1 unspecified atom stereocenters. The maximum atomic E-state index is 14.1. The summed E-state index contributed by atoms with van der Waals surface area (Å²) in [4.78, 5) is 31.1. The minimum atomic E-state index is -0.382. The zero-order chi connectivity index (χ0) is 17.6. The summed E-state index contributed by atoms with van der Waals surface area (Å²) in [6.45, 7) is 1.49. The van der Waals surface area contributed by atoms with Crippen molar-refractivity contribution < 1.29 is 9.18 Å². The molecule has 0 saturated carbocycles. The molecule has 2 aromatic heterocycles. The standard InChI is InChI=1S/C18H17FN4O2/c1-10(24)20-11-6-7-15-13(8-11)17-21-16(9-23(17)18(25)22-15)12-4-2-3-5-14(12)19/h2-5,9,11H,6-8H2,1H3,(H,20,24)(H,22,25). The summed E-state index contributed by atoms with van der Waals surface area (Å²) in [5.74, 6) is -0.461. The van der Waals surface area contributed by atoms with Crippen LogP contribution in [0.25, 0.3) is 16.9 Å². The molecule has 0 bridgehead atoms. The van der Waals surface area contributed by atoms with E-state index in [-0.39, 0.29) is 23.5 Å². The summed E-state index contributed by atoms with van der Waals surface area (Å²) < 4.78 is 15.5. The van der Waals surface area contributed by atoms with Crippen molar-refractivity contribution in [2.75, 3.05) is 0 Å². The second-order valence-electron chi connectivity index (χ2n) is 6.33. The number of aryl methyl sites for hydroxylation is 1. The molecule has 1 aliphatic carbocycles. The second kappa shape index (κ2) is 5.84. The lowest BCUT2D eigenvalue weighted by molar-refractivity contribution is -0.119. The molecule has 2 heterocycles. The number of nitrogens with one attached hydrogen (secondary N) is 2. The number of aromatic amines is 1. The molecule has 0 radical (unpaired) electrons. The molecule has 0 fully saturated rings. The molecule has 7 heteroatoms. The number of H-pyrrole nitrogens is 1. The number of hydrogen-bond acceptors (Lipinski definition) is 3. The zero-order valence-electron chi connectivity index (χ0n) is 13.7. The van der Waals surface area contributed by atoms with Gasteiger partial charge in [-0.15, -0.1) is 0 Å². The summed E-state index contributed by atoms with van der Waals surface area (Å²) in [5, 5.41) is 2.92. The molecule has 2 N–H and O–H groups in total. The van der Waals surface area contributed by atoms with Crippen molar-refractivity contribution >= 4 is 11.6 Å². The number of amides is 1. The van der Waals surface area contributed by atoms with Gasteiger partial charge in [-0.25, -0.2) is 14.2 Å². The van der Waals surface area contributed by atoms with Crippen LogP contribution in [0, 0.1) is 5.82 Å². The Hall–Kier alpha value is -2.96. The molecule has 1 amide bonds. The van der Waals surface area contributed by atoms with Crippen LogP contribution < -0.4 is 11.0 Å². The van der Waals surface area contributed by atoms with Crippen LogP contribution in [-0.4, -0.2) is 26.3 Å². The maximum absolute atomic E-state index is 14.1. The average molecular weight is 340 g/mol. The third kappa shape index (κ3) is 2.71. The minimum Gasteiger partial charge on any atom is -0.353 e. The number of fused-ring (bicyclic) bond motifs is 3. The predicted octanol–water partition coefficient (Wildman–Crippen LogP) is 1.82. The summed E-state index contributed by atoms with van der Waals surface area (Å²) in [6, 6.07) is 6.35. The fraction of sp³-hybridized carbons (Fsp3) is 0.278. The Bertz CT molecular complexity index is 1040. The van der Waals surface area contributed by atoms with Gasteiger partial charge < -0.3 is 10.3 Å². The first-order valence-corrected chi connectivity index (χ1v) is 8.18. The van der Waals surface area contributed by atoms with Crippen LogP contribution in [0.3, 0.4) is 0 Å². The average Bonchev–Trinajstić information content (AvgIpc) is 3.01. The Morgan fingerprint density at radius 3 is 2.96 bits per heavy atom. The van der Waals surface area contributed by atoms with E-state index in [4.69, 9.17) is 0 Å². The van der Waals surface area contributed by atoms with Crippen LogP contribution in [0.15, 0.2) is 35.3 Å². The Labute approximate surface area is 142 Å². The van der Waals surface area contributed by atoms with E-state index in [0.29, 0.717) is 29.7 Å². The number of benzene rings is 1. The molecule has 6 nitrogen and oxygen atoms in total. The van der Waals surface area contributed by atoms with Gasteiger partial charge in [0.1, 0.15) is 11.5 Å². The van der Waals surface area contributed by atoms with Gasteiger partial charge in [-0.2, -0.15) is 0 Å². The van der Waals surface area contributed by atoms with Gasteiger partial charge in [0.05, 0.1) is 5.69 Å². The number of nitrogens with zero attached hydrogens (tertiary/aromatic N) is 2. The second-order valence-corrected chi connectivity index (χ2v) is 6.33. The van der Waals surface area contributed by atoms with Crippen LogP contribution in [-0.2, 0) is 17.6 Å². The van der Waals surface area contributed by atoms with Crippen molar-refractivity contribution in [3.8, 4) is 11.3 Å². The number of carbonyl (C=O) groups excluding carboxylic acids is 1. The molecular formula is C18H17FN4O2. The Morgan fingerprint density at radius 1 is 1.40 bits per heavy atom. The van der Waals surface area contributed by atoms with Crippen molar-refractivity contribution in [2.45, 2.75) is 32.2 Å². The van der Waals surface area contributed by atoms with E-state index in [1.165, 1.54) is 17.4 Å². The molecule has 1 aliphatic rings. The Kier molecular flexibility index (Phi) is 3.63. The van der Waals surface area contributed by atoms with Gasteiger partial charge in [0.15, 0.2) is 0 Å². The summed E-state index contributed by atoms with van der Waals surface area (Å²) in [5.41, 5.74) is 2.73. The number of imidazole rings is 1. The van der Waals surface area contributed by atoms with Crippen LogP contribution >= 0.6 is 0 Å². The Balaban J connectivity index is 1.85. The summed E-state index contributed by atoms with van der Waals surface area (Å²) in [7, 11) is 0. The van der Waals surface area contributed by atoms with Crippen molar-refractivity contribution in [2.24, 2.45) is 0 Å². The first-order valence-electron chi connectivity index (χ1n) is 8.18. The monoisotopic (exact) mass is 340 g/mol. The zero-order valence-corrected chi connectivity index (χ0v) is 13.7. The molecule has 4 rings (SSSR count). The normalized spacial score (nSPS) is 16.6. The van der Waals surface area contributed by atoms with Crippen molar-refractivity contribution in [1.29, 1.82) is 0 Å². The van der Waals surface area contributed by atoms with Crippen molar-refractivity contribution in [1.82, 2.24) is 19.7 Å². The molecule has 1 atom stereocenters. The van der Waals surface area contributed by atoms with Gasteiger partial charge in [0.2, 0.25) is 5.91 Å². The molecule has 128 valence electrons. The quantitative estimate of drug-likeness (QED) is 0.747. The van der Waals surface area contributed by atoms with E-state index in [9.17, 15) is 14.0 Å². The number of hydrogen-bond donors (Lipinski definition) is 2. The van der Waals surface area contributed by atoms with Gasteiger partial charge >= 0.3 is 5.69 Å². The SMILES string of the molecule is CC(=O)NC1CCc2[nH]c(=O)n3cc(-c4ccccc4F)nc3c2C1. The highest BCUT2D eigenvalue weighted by atomic mass is 19.1. The highest BCUT2D eigenvalue weighted by Crippen LogP contribution is 2.26. The number of rotatable bonds is 2. The molecule has 0 saturated heterocycles. The molecular weight excluding hydrogens is 323 g/mol. The van der Waals surface area contributed by atoms with E-state index in [1.807, 2.05) is 0 Å². The molecule has 0 aliphatic heterocycles. The largest absolute Gasteiger partial charge is 0.353 e. The van der Waals surface area contributed by atoms with Gasteiger partial charge in [0, 0.05) is 36.0 Å². The predicted molar refractivity (Wildman–Crippen MR) is 90.8 cm³/mol. The van der Waals surface area contributed by atoms with Crippen molar-refractivity contribution in [3.05, 3.63) is 58.0 Å². The minimum absolute atomic E-state index is 0.00770. The maximum Gasteiger partial charge on any atom is 0.331 e. The molecule has 1 aromatic carbocycles. The highest BCUT2D eigenvalue weighted by molar-refractivity contribution is 5.73. The van der Waals surface area contributed by atoms with E-state index < -0.39 is 0 Å². The summed E-state index contributed by atoms with van der Waals surface area (Å²) in [6.07, 6.45) is 3.56. The van der Waals surface area contributed by atoms with E-state index in [0.717, 1.165) is 17.7 Å². The van der Waals surface area contributed by atoms with Gasteiger partial charge in [-0.1, -0.05) is 12.1 Å². The van der Waals surface area contributed by atoms with Crippen LogP contribution in [0.2, 0.25) is 0 Å². The third-order valence-corrected chi connectivity index (χ3v) is 4.57. The lowest BCUT2D eigenvalue weighted by atomic mass is 9.92. The van der Waals surface area contributed by atoms with Crippen molar-refractivity contribution in [3.63, 3.8) is 0 Å². The van der Waals surface area contributed by atoms with Gasteiger partial charge in [0.25, 0.3) is 0 Å². The van der Waals surface area contributed by atoms with Gasteiger partial charge in [-0.3, -0.25) is 9.20 Å². The number of aromatic nitrogens is 3. The third-order valence-electron chi connectivity index (χ3n) is 4.57. The lowest BCUT2D eigenvalue weighted by Gasteiger charge is -2.24. The number of carbonyl (C=O) groups is 1. The smallest absolute Gasteiger partial charge is 0.331 e. The lowest BCUT2D eigenvalue weighted by Crippen LogP contribution is -2.38. The molecule has 25 heavy (non-hydrogen) atoms. The Morgan fingerprint density at radius 2 is 2.20 bits per heavy atom. The van der Waals surface area contributed by atoms with E-state index in [1.54, 1.807) is 24.4 Å². The summed E-state index contributed by atoms with van der Waals surface area (Å²) >= 11 is 0. The first-order chi connectivity index (χ1) is 12.0. The van der Waals surface area contributed by atoms with Crippen LogP contribution in [0.4, 0.5) is 4.39 Å². The highest BCUT2D eigenvalue weighted by Gasteiger charge is 2.24. The van der Waals surface area contributed by atoms with Crippen LogP contribution in [0.1, 0.15) is 24.6 Å². The topological polar surface area (TPSA) is 79.3 Å². The number of halogens is 1. The van der Waals surface area contributed by atoms with E-state index in [2.05, 4.69) is 15.3 Å².